The zero-order valence-electron chi connectivity index (χ0n) is 19.9. The van der Waals surface area contributed by atoms with E-state index in [1.54, 1.807) is 12.5 Å². The molecule has 6 N–H and O–H groups in total. The standard InChI is InChI=1S/C22H37N7O4/c1-5-13(3)17(23)20(30)32-8-7-15(11-33-21(31)18(24)14(4)6-2)10-29-12-27-16-9-26-22(25)28-19(16)29/h9,12-15,17-18H,5-8,10-11,23-24H2,1-4H3,(H2,25,26,28)/t13?,14?,15-,17+,18+/m1/s1. The van der Waals surface area contributed by atoms with Crippen molar-refractivity contribution >= 4 is 29.1 Å². The molecule has 0 aliphatic carbocycles. The smallest absolute Gasteiger partial charge is 0.323 e. The number of anilines is 1. The van der Waals surface area contributed by atoms with Crippen molar-refractivity contribution in [1.82, 2.24) is 19.5 Å². The normalized spacial score (nSPS) is 16.1. The van der Waals surface area contributed by atoms with E-state index in [4.69, 9.17) is 26.7 Å². The first-order valence-electron chi connectivity index (χ1n) is 11.5. The van der Waals surface area contributed by atoms with Gasteiger partial charge in [0.2, 0.25) is 5.95 Å². The molecule has 2 aromatic heterocycles. The Hall–Kier alpha value is -2.79. The van der Waals surface area contributed by atoms with Gasteiger partial charge in [0.1, 0.15) is 17.6 Å². The lowest BCUT2D eigenvalue weighted by Gasteiger charge is -2.22. The minimum atomic E-state index is -0.691. The summed E-state index contributed by atoms with van der Waals surface area (Å²) in [7, 11) is 0. The van der Waals surface area contributed by atoms with Crippen molar-refractivity contribution in [2.45, 2.75) is 65.6 Å². The molecule has 2 heterocycles. The number of aromatic nitrogens is 4. The number of ether oxygens (including phenoxy) is 2. The number of hydrogen-bond acceptors (Lipinski definition) is 10. The molecule has 2 rings (SSSR count). The fourth-order valence-electron chi connectivity index (χ4n) is 3.20. The monoisotopic (exact) mass is 463 g/mol. The summed E-state index contributed by atoms with van der Waals surface area (Å²) >= 11 is 0. The second kappa shape index (κ2) is 12.4. The van der Waals surface area contributed by atoms with Crippen LogP contribution in [0.2, 0.25) is 0 Å². The molecule has 0 saturated heterocycles. The van der Waals surface area contributed by atoms with Crippen LogP contribution in [0.15, 0.2) is 12.5 Å². The number of nitrogens with zero attached hydrogens (tertiary/aromatic N) is 4. The van der Waals surface area contributed by atoms with Crippen molar-refractivity contribution in [2.75, 3.05) is 18.9 Å². The van der Waals surface area contributed by atoms with Gasteiger partial charge < -0.3 is 31.2 Å². The van der Waals surface area contributed by atoms with Gasteiger partial charge in [0, 0.05) is 12.5 Å². The molecule has 0 fully saturated rings. The summed E-state index contributed by atoms with van der Waals surface area (Å²) in [5.41, 5.74) is 18.8. The summed E-state index contributed by atoms with van der Waals surface area (Å²) in [6.45, 7) is 8.44. The number of imidazole rings is 1. The van der Waals surface area contributed by atoms with Crippen LogP contribution < -0.4 is 17.2 Å². The van der Waals surface area contributed by atoms with Crippen LogP contribution in [0.1, 0.15) is 47.0 Å². The highest BCUT2D eigenvalue weighted by atomic mass is 16.5. The molecular formula is C22H37N7O4. The first-order chi connectivity index (χ1) is 15.7. The fraction of sp³-hybridized carbons (Fsp3) is 0.682. The zero-order valence-corrected chi connectivity index (χ0v) is 19.9. The number of fused-ring (bicyclic) bond motifs is 1. The van der Waals surface area contributed by atoms with Crippen LogP contribution >= 0.6 is 0 Å². The zero-order chi connectivity index (χ0) is 24.5. The number of hydrogen-bond donors (Lipinski definition) is 3. The van der Waals surface area contributed by atoms with E-state index in [-0.39, 0.29) is 36.9 Å². The third kappa shape index (κ3) is 7.36. The Bertz CT molecular complexity index is 919. The predicted molar refractivity (Wildman–Crippen MR) is 125 cm³/mol. The van der Waals surface area contributed by atoms with Crippen molar-refractivity contribution < 1.29 is 19.1 Å². The quantitative estimate of drug-likeness (QED) is 0.367. The average Bonchev–Trinajstić information content (AvgIpc) is 3.21. The molecule has 0 bridgehead atoms. The van der Waals surface area contributed by atoms with Crippen molar-refractivity contribution in [3.63, 3.8) is 0 Å². The van der Waals surface area contributed by atoms with Gasteiger partial charge in [-0.05, 0) is 18.3 Å². The lowest BCUT2D eigenvalue weighted by atomic mass is 10.00. The van der Waals surface area contributed by atoms with Crippen LogP contribution in [0, 0.1) is 17.8 Å². The van der Waals surface area contributed by atoms with E-state index >= 15 is 0 Å². The Morgan fingerprint density at radius 3 is 2.24 bits per heavy atom. The summed E-state index contributed by atoms with van der Waals surface area (Å²) in [6, 6.07) is -1.36. The lowest BCUT2D eigenvalue weighted by molar-refractivity contribution is -0.150. The molecular weight excluding hydrogens is 426 g/mol. The summed E-state index contributed by atoms with van der Waals surface area (Å²) in [6.07, 6.45) is 5.18. The molecule has 0 spiro atoms. The van der Waals surface area contributed by atoms with Gasteiger partial charge in [0.15, 0.2) is 5.65 Å². The van der Waals surface area contributed by atoms with Gasteiger partial charge in [-0.25, -0.2) is 9.97 Å². The topological polar surface area (TPSA) is 174 Å². The van der Waals surface area contributed by atoms with Gasteiger partial charge in [0.25, 0.3) is 0 Å². The molecule has 5 atom stereocenters. The van der Waals surface area contributed by atoms with E-state index in [0.29, 0.717) is 24.1 Å². The van der Waals surface area contributed by atoms with Crippen LogP contribution in [-0.4, -0.2) is 56.8 Å². The number of rotatable bonds is 13. The number of esters is 2. The van der Waals surface area contributed by atoms with Gasteiger partial charge in [-0.2, -0.15) is 4.98 Å². The maximum Gasteiger partial charge on any atom is 0.323 e. The van der Waals surface area contributed by atoms with Crippen molar-refractivity contribution in [1.29, 1.82) is 0 Å². The van der Waals surface area contributed by atoms with Crippen LogP contribution in [0.3, 0.4) is 0 Å². The molecule has 11 heteroatoms. The van der Waals surface area contributed by atoms with E-state index < -0.39 is 24.0 Å². The van der Waals surface area contributed by atoms with Gasteiger partial charge in [-0.1, -0.05) is 40.5 Å². The maximum absolute atomic E-state index is 12.4. The predicted octanol–water partition coefficient (Wildman–Crippen LogP) is 1.25. The number of carbonyl (C=O) groups excluding carboxylic acids is 2. The summed E-state index contributed by atoms with van der Waals surface area (Å²) in [4.78, 5) is 37.1. The Kier molecular flexibility index (Phi) is 9.98. The minimum Gasteiger partial charge on any atom is -0.465 e. The SMILES string of the molecule is CCC(C)[C@H](N)C(=O)OCC[C@@H](COC(=O)[C@@H](N)C(C)CC)Cn1cnc2cnc(N)nc21. The molecule has 0 aromatic carbocycles. The molecule has 0 aliphatic rings. The summed E-state index contributed by atoms with van der Waals surface area (Å²) in [5, 5.41) is 0. The average molecular weight is 464 g/mol. The van der Waals surface area contributed by atoms with E-state index in [2.05, 4.69) is 15.0 Å². The van der Waals surface area contributed by atoms with Crippen molar-refractivity contribution in [3.05, 3.63) is 12.5 Å². The molecule has 33 heavy (non-hydrogen) atoms. The Labute approximate surface area is 194 Å². The van der Waals surface area contributed by atoms with Gasteiger partial charge >= 0.3 is 11.9 Å². The van der Waals surface area contributed by atoms with E-state index in [1.807, 2.05) is 32.3 Å². The number of carbonyl (C=O) groups is 2. The van der Waals surface area contributed by atoms with Gasteiger partial charge in [0.05, 0.1) is 25.7 Å². The largest absolute Gasteiger partial charge is 0.465 e. The maximum atomic E-state index is 12.4. The van der Waals surface area contributed by atoms with Crippen LogP contribution in [0.4, 0.5) is 5.95 Å². The molecule has 2 unspecified atom stereocenters. The van der Waals surface area contributed by atoms with Crippen LogP contribution in [0.5, 0.6) is 0 Å². The molecule has 0 radical (unpaired) electrons. The van der Waals surface area contributed by atoms with E-state index in [0.717, 1.165) is 12.8 Å². The second-order valence-corrected chi connectivity index (χ2v) is 8.61. The minimum absolute atomic E-state index is 0.0104. The Morgan fingerprint density at radius 2 is 1.64 bits per heavy atom. The molecule has 0 aliphatic heterocycles. The molecule has 0 amide bonds. The van der Waals surface area contributed by atoms with Gasteiger partial charge in [-0.3, -0.25) is 9.59 Å². The van der Waals surface area contributed by atoms with Crippen LogP contribution in [0.25, 0.3) is 11.2 Å². The first kappa shape index (κ1) is 26.5. The molecule has 2 aromatic rings. The highest BCUT2D eigenvalue weighted by molar-refractivity contribution is 5.76. The fourth-order valence-corrected chi connectivity index (χ4v) is 3.20. The van der Waals surface area contributed by atoms with Gasteiger partial charge in [-0.15, -0.1) is 0 Å². The molecule has 0 saturated carbocycles. The van der Waals surface area contributed by atoms with E-state index in [9.17, 15) is 9.59 Å². The van der Waals surface area contributed by atoms with Crippen LogP contribution in [-0.2, 0) is 25.6 Å². The van der Waals surface area contributed by atoms with Crippen molar-refractivity contribution in [2.24, 2.45) is 29.2 Å². The third-order valence-electron chi connectivity index (χ3n) is 6.12. The molecule has 11 nitrogen and oxygen atoms in total. The summed E-state index contributed by atoms with van der Waals surface area (Å²) < 4.78 is 12.7. The highest BCUT2D eigenvalue weighted by Crippen LogP contribution is 2.16. The van der Waals surface area contributed by atoms with E-state index in [1.165, 1.54) is 0 Å². The molecule has 184 valence electrons. The third-order valence-corrected chi connectivity index (χ3v) is 6.12. The number of nitrogens with two attached hydrogens (primary N) is 3. The lowest BCUT2D eigenvalue weighted by Crippen LogP contribution is -2.39. The Balaban J connectivity index is 2.06. The highest BCUT2D eigenvalue weighted by Gasteiger charge is 2.24. The summed E-state index contributed by atoms with van der Waals surface area (Å²) in [5.74, 6) is -0.895. The first-order valence-corrected chi connectivity index (χ1v) is 11.5. The second-order valence-electron chi connectivity index (χ2n) is 8.61. The van der Waals surface area contributed by atoms with Crippen molar-refractivity contribution in [3.8, 4) is 0 Å². The number of nitrogen functional groups attached to an aromatic ring is 1. The Morgan fingerprint density at radius 1 is 1.03 bits per heavy atom.